The van der Waals surface area contributed by atoms with Gasteiger partial charge in [0.25, 0.3) is 5.69 Å². The minimum atomic E-state index is -0.429. The van der Waals surface area contributed by atoms with Gasteiger partial charge in [-0.3, -0.25) is 10.1 Å². The topological polar surface area (TPSA) is 84.5 Å². The number of benzene rings is 3. The van der Waals surface area contributed by atoms with Gasteiger partial charge < -0.3 is 0 Å². The highest BCUT2D eigenvalue weighted by atomic mass is 16.6. The summed E-state index contributed by atoms with van der Waals surface area (Å²) in [4.78, 5) is 19.8. The number of anilines is 1. The predicted octanol–water partition coefficient (Wildman–Crippen LogP) is 5.19. The van der Waals surface area contributed by atoms with E-state index in [4.69, 9.17) is 9.97 Å². The summed E-state index contributed by atoms with van der Waals surface area (Å²) in [5.41, 5.74) is 4.33. The van der Waals surface area contributed by atoms with Gasteiger partial charge >= 0.3 is 0 Å². The maximum Gasteiger partial charge on any atom is 0.269 e. The van der Waals surface area contributed by atoms with Gasteiger partial charge in [-0.05, 0) is 23.8 Å². The Morgan fingerprint density at radius 2 is 1.35 bits per heavy atom. The molecule has 4 rings (SSSR count). The fourth-order valence-corrected chi connectivity index (χ4v) is 2.98. The molecule has 0 atom stereocenters. The number of hydrazone groups is 1. The molecule has 1 heterocycles. The lowest BCUT2D eigenvalue weighted by atomic mass is 10.1. The first-order valence-electron chi connectivity index (χ1n) is 9.62. The molecular formula is C24H19N5O2. The number of hydrogen-bond acceptors (Lipinski definition) is 6. The van der Waals surface area contributed by atoms with Crippen molar-refractivity contribution < 1.29 is 4.92 Å². The number of nitrogens with zero attached hydrogens (tertiary/aromatic N) is 5. The monoisotopic (exact) mass is 409 g/mol. The van der Waals surface area contributed by atoms with Crippen molar-refractivity contribution in [2.75, 3.05) is 12.1 Å². The Balaban J connectivity index is 1.68. The second-order valence-electron chi connectivity index (χ2n) is 6.79. The molecule has 152 valence electrons. The molecule has 4 aromatic rings. The molecule has 1 aromatic heterocycles. The van der Waals surface area contributed by atoms with Gasteiger partial charge in [0.1, 0.15) is 0 Å². The normalized spacial score (nSPS) is 10.9. The first-order valence-corrected chi connectivity index (χ1v) is 9.62. The highest BCUT2D eigenvalue weighted by Crippen LogP contribution is 2.26. The smallest absolute Gasteiger partial charge is 0.258 e. The Hall–Kier alpha value is -4.39. The van der Waals surface area contributed by atoms with Crippen LogP contribution in [0.3, 0.4) is 0 Å². The van der Waals surface area contributed by atoms with Crippen LogP contribution in [0.1, 0.15) is 5.56 Å². The molecule has 0 spiro atoms. The Bertz CT molecular complexity index is 1150. The Morgan fingerprint density at radius 1 is 0.839 bits per heavy atom. The van der Waals surface area contributed by atoms with Crippen LogP contribution in [-0.4, -0.2) is 28.2 Å². The standard InChI is InChI=1S/C24H19N5O2/c1-28(25-17-18-12-14-21(15-13-18)29(30)31)24-26-22(19-8-4-2-5-9-19)16-23(27-24)20-10-6-3-7-11-20/h2-17H,1H3. The zero-order chi connectivity index (χ0) is 21.6. The second-order valence-corrected chi connectivity index (χ2v) is 6.79. The van der Waals surface area contributed by atoms with Crippen LogP contribution in [0.4, 0.5) is 11.6 Å². The summed E-state index contributed by atoms with van der Waals surface area (Å²) in [6.07, 6.45) is 1.62. The van der Waals surface area contributed by atoms with Crippen LogP contribution in [-0.2, 0) is 0 Å². The van der Waals surface area contributed by atoms with Crippen molar-refractivity contribution in [1.29, 1.82) is 0 Å². The van der Waals surface area contributed by atoms with E-state index in [1.54, 1.807) is 30.4 Å². The van der Waals surface area contributed by atoms with E-state index in [1.165, 1.54) is 12.1 Å². The summed E-state index contributed by atoms with van der Waals surface area (Å²) in [5.74, 6) is 0.443. The number of nitro benzene ring substituents is 1. The Kier molecular flexibility index (Phi) is 5.75. The van der Waals surface area contributed by atoms with E-state index in [-0.39, 0.29) is 5.69 Å². The van der Waals surface area contributed by atoms with Crippen molar-refractivity contribution in [3.05, 3.63) is 107 Å². The molecule has 0 saturated carbocycles. The maximum atomic E-state index is 10.8. The third-order valence-corrected chi connectivity index (χ3v) is 4.63. The largest absolute Gasteiger partial charge is 0.269 e. The minimum Gasteiger partial charge on any atom is -0.258 e. The second kappa shape index (κ2) is 8.96. The average Bonchev–Trinajstić information content (AvgIpc) is 2.83. The van der Waals surface area contributed by atoms with Crippen molar-refractivity contribution in [3.8, 4) is 22.5 Å². The lowest BCUT2D eigenvalue weighted by Gasteiger charge is -2.14. The van der Waals surface area contributed by atoms with Gasteiger partial charge in [0.15, 0.2) is 0 Å². The van der Waals surface area contributed by atoms with Gasteiger partial charge in [0.05, 0.1) is 22.5 Å². The Labute approximate surface area is 179 Å². The third-order valence-electron chi connectivity index (χ3n) is 4.63. The van der Waals surface area contributed by atoms with Crippen molar-refractivity contribution in [3.63, 3.8) is 0 Å². The minimum absolute atomic E-state index is 0.0388. The van der Waals surface area contributed by atoms with Crippen LogP contribution in [0.15, 0.2) is 96.1 Å². The molecule has 3 aromatic carbocycles. The van der Waals surface area contributed by atoms with E-state index in [0.29, 0.717) is 5.95 Å². The van der Waals surface area contributed by atoms with E-state index in [1.807, 2.05) is 66.7 Å². The molecular weight excluding hydrogens is 390 g/mol. The zero-order valence-electron chi connectivity index (χ0n) is 16.8. The molecule has 0 aliphatic rings. The molecule has 0 radical (unpaired) electrons. The summed E-state index contributed by atoms with van der Waals surface area (Å²) in [6, 6.07) is 27.9. The summed E-state index contributed by atoms with van der Waals surface area (Å²) in [7, 11) is 1.76. The average molecular weight is 409 g/mol. The van der Waals surface area contributed by atoms with Gasteiger partial charge in [0, 0.05) is 30.3 Å². The van der Waals surface area contributed by atoms with Crippen molar-refractivity contribution in [1.82, 2.24) is 9.97 Å². The van der Waals surface area contributed by atoms with Gasteiger partial charge in [-0.25, -0.2) is 15.0 Å². The number of aromatic nitrogens is 2. The SMILES string of the molecule is CN(N=Cc1ccc([N+](=O)[O-])cc1)c1nc(-c2ccccc2)cc(-c2ccccc2)n1. The molecule has 0 unspecified atom stereocenters. The molecule has 31 heavy (non-hydrogen) atoms. The highest BCUT2D eigenvalue weighted by Gasteiger charge is 2.11. The van der Waals surface area contributed by atoms with Crippen molar-refractivity contribution in [2.24, 2.45) is 5.10 Å². The van der Waals surface area contributed by atoms with E-state index >= 15 is 0 Å². The van der Waals surface area contributed by atoms with Gasteiger partial charge in [0.2, 0.25) is 5.95 Å². The first-order chi connectivity index (χ1) is 15.1. The number of nitro groups is 1. The van der Waals surface area contributed by atoms with Crippen LogP contribution in [0, 0.1) is 10.1 Å². The highest BCUT2D eigenvalue weighted by molar-refractivity contribution is 5.80. The summed E-state index contributed by atoms with van der Waals surface area (Å²) in [5, 5.41) is 16.8. The van der Waals surface area contributed by atoms with E-state index in [0.717, 1.165) is 28.1 Å². The van der Waals surface area contributed by atoms with Crippen LogP contribution in [0.5, 0.6) is 0 Å². The Morgan fingerprint density at radius 3 is 1.84 bits per heavy atom. The van der Waals surface area contributed by atoms with Gasteiger partial charge in [-0.1, -0.05) is 60.7 Å². The van der Waals surface area contributed by atoms with Gasteiger partial charge in [-0.2, -0.15) is 5.10 Å². The molecule has 0 bridgehead atoms. The maximum absolute atomic E-state index is 10.8. The fraction of sp³-hybridized carbons (Fsp3) is 0.0417. The van der Waals surface area contributed by atoms with Crippen LogP contribution < -0.4 is 5.01 Å². The molecule has 0 N–H and O–H groups in total. The quantitative estimate of drug-likeness (QED) is 0.249. The molecule has 0 aliphatic carbocycles. The summed E-state index contributed by atoms with van der Waals surface area (Å²) >= 11 is 0. The lowest BCUT2D eigenvalue weighted by Crippen LogP contribution is -2.13. The third kappa shape index (κ3) is 4.79. The van der Waals surface area contributed by atoms with E-state index in [2.05, 4.69) is 5.10 Å². The van der Waals surface area contributed by atoms with Crippen molar-refractivity contribution >= 4 is 17.9 Å². The summed E-state index contributed by atoms with van der Waals surface area (Å²) in [6.45, 7) is 0. The fourth-order valence-electron chi connectivity index (χ4n) is 2.98. The lowest BCUT2D eigenvalue weighted by molar-refractivity contribution is -0.384. The molecule has 0 amide bonds. The number of non-ortho nitro benzene ring substituents is 1. The molecule has 7 heteroatoms. The van der Waals surface area contributed by atoms with Crippen molar-refractivity contribution in [2.45, 2.75) is 0 Å². The number of rotatable bonds is 6. The molecule has 7 nitrogen and oxygen atoms in total. The van der Waals surface area contributed by atoms with Gasteiger partial charge in [-0.15, -0.1) is 0 Å². The zero-order valence-corrected chi connectivity index (χ0v) is 16.8. The summed E-state index contributed by atoms with van der Waals surface area (Å²) < 4.78 is 0. The molecule has 0 saturated heterocycles. The predicted molar refractivity (Wildman–Crippen MR) is 122 cm³/mol. The molecule has 0 fully saturated rings. The van der Waals surface area contributed by atoms with Crippen LogP contribution in [0.2, 0.25) is 0 Å². The van der Waals surface area contributed by atoms with Crippen LogP contribution in [0.25, 0.3) is 22.5 Å². The number of hydrogen-bond donors (Lipinski definition) is 0. The molecule has 0 aliphatic heterocycles. The van der Waals surface area contributed by atoms with E-state index < -0.39 is 4.92 Å². The van der Waals surface area contributed by atoms with Crippen LogP contribution >= 0.6 is 0 Å². The first kappa shape index (κ1) is 19.9. The van der Waals surface area contributed by atoms with E-state index in [9.17, 15) is 10.1 Å².